The van der Waals surface area contributed by atoms with Crippen LogP contribution in [0, 0.1) is 5.92 Å². The summed E-state index contributed by atoms with van der Waals surface area (Å²) in [6.07, 6.45) is 9.37. The van der Waals surface area contributed by atoms with E-state index in [1.165, 1.54) is 5.57 Å². The Labute approximate surface area is 90.5 Å². The minimum atomic E-state index is 0.489. The van der Waals surface area contributed by atoms with Gasteiger partial charge in [-0.15, -0.1) is 0 Å². The van der Waals surface area contributed by atoms with Gasteiger partial charge in [-0.3, -0.25) is 0 Å². The van der Waals surface area contributed by atoms with Gasteiger partial charge in [0.15, 0.2) is 0 Å². The first-order chi connectivity index (χ1) is 6.72. The zero-order valence-electron chi connectivity index (χ0n) is 8.68. The number of rotatable bonds is 6. The number of allylic oxidation sites excluding steroid dienone is 5. The van der Waals surface area contributed by atoms with Gasteiger partial charge in [0.1, 0.15) is 12.1 Å². The molecule has 0 rings (SSSR count). The molecular formula is C11H16N2S. The van der Waals surface area contributed by atoms with Gasteiger partial charge < -0.3 is 0 Å². The standard InChI is InChI=1S/C11H16N2S/c1-5-7-11(10(2)3)8-6-9-13-14-12-4/h5-10H,1,4H2,2-3H3/b8-6-,11-7+,13-9?. The molecule has 2 nitrogen and oxygen atoms in total. The van der Waals surface area contributed by atoms with Crippen molar-refractivity contribution in [2.45, 2.75) is 13.8 Å². The van der Waals surface area contributed by atoms with Crippen LogP contribution in [0.2, 0.25) is 0 Å². The summed E-state index contributed by atoms with van der Waals surface area (Å²) in [6.45, 7) is 11.2. The molecule has 0 aromatic rings. The molecule has 0 aromatic carbocycles. The fraction of sp³-hybridized carbons (Fsp3) is 0.273. The highest BCUT2D eigenvalue weighted by Gasteiger charge is 1.95. The van der Waals surface area contributed by atoms with Gasteiger partial charge in [0.05, 0.1) is 0 Å². The van der Waals surface area contributed by atoms with Crippen LogP contribution in [0.4, 0.5) is 0 Å². The molecule has 0 saturated heterocycles. The van der Waals surface area contributed by atoms with Gasteiger partial charge in [-0.2, -0.15) is 0 Å². The summed E-state index contributed by atoms with van der Waals surface area (Å²) in [4.78, 5) is 0. The van der Waals surface area contributed by atoms with Crippen LogP contribution >= 0.6 is 12.1 Å². The summed E-state index contributed by atoms with van der Waals surface area (Å²) in [5.41, 5.74) is 1.23. The summed E-state index contributed by atoms with van der Waals surface area (Å²) in [5.74, 6) is 0.489. The predicted octanol–water partition coefficient (Wildman–Crippen LogP) is 3.65. The summed E-state index contributed by atoms with van der Waals surface area (Å²) >= 11 is 1.07. The molecule has 0 spiro atoms. The van der Waals surface area contributed by atoms with Gasteiger partial charge in [0.2, 0.25) is 0 Å². The molecule has 76 valence electrons. The lowest BCUT2D eigenvalue weighted by Gasteiger charge is -2.03. The van der Waals surface area contributed by atoms with Crippen molar-refractivity contribution in [2.24, 2.45) is 14.7 Å². The van der Waals surface area contributed by atoms with Crippen LogP contribution in [0.5, 0.6) is 0 Å². The number of nitrogens with zero attached hydrogens (tertiary/aromatic N) is 2. The van der Waals surface area contributed by atoms with Gasteiger partial charge in [0.25, 0.3) is 0 Å². The fourth-order valence-corrected chi connectivity index (χ4v) is 1.02. The summed E-state index contributed by atoms with van der Waals surface area (Å²) < 4.78 is 7.43. The topological polar surface area (TPSA) is 24.7 Å². The summed E-state index contributed by atoms with van der Waals surface area (Å²) in [6, 6.07) is 0. The van der Waals surface area contributed by atoms with E-state index in [4.69, 9.17) is 0 Å². The van der Waals surface area contributed by atoms with Crippen molar-refractivity contribution in [1.82, 2.24) is 0 Å². The zero-order chi connectivity index (χ0) is 10.8. The predicted molar refractivity (Wildman–Crippen MR) is 67.9 cm³/mol. The average Bonchev–Trinajstić information content (AvgIpc) is 2.15. The molecule has 0 heterocycles. The highest BCUT2D eigenvalue weighted by atomic mass is 32.2. The molecule has 0 unspecified atom stereocenters. The van der Waals surface area contributed by atoms with E-state index in [9.17, 15) is 0 Å². The Balaban J connectivity index is 4.23. The molecule has 0 bridgehead atoms. The summed E-state index contributed by atoms with van der Waals surface area (Å²) in [5, 5.41) is 0. The Kier molecular flexibility index (Phi) is 7.84. The Hall–Kier alpha value is -1.09. The van der Waals surface area contributed by atoms with E-state index in [2.05, 4.69) is 35.9 Å². The van der Waals surface area contributed by atoms with Crippen LogP contribution in [0.25, 0.3) is 0 Å². The third kappa shape index (κ3) is 6.43. The molecule has 0 atom stereocenters. The lowest BCUT2D eigenvalue weighted by Crippen LogP contribution is -1.89. The molecule has 0 saturated carbocycles. The van der Waals surface area contributed by atoms with Crippen molar-refractivity contribution in [3.8, 4) is 0 Å². The van der Waals surface area contributed by atoms with Crippen LogP contribution in [-0.2, 0) is 0 Å². The fourth-order valence-electron chi connectivity index (χ4n) is 0.826. The largest absolute Gasteiger partial charge is 0.210 e. The minimum absolute atomic E-state index is 0.489. The lowest BCUT2D eigenvalue weighted by molar-refractivity contribution is 0.792. The highest BCUT2D eigenvalue weighted by molar-refractivity contribution is 7.96. The van der Waals surface area contributed by atoms with Crippen molar-refractivity contribution in [1.29, 1.82) is 0 Å². The van der Waals surface area contributed by atoms with Crippen molar-refractivity contribution in [2.75, 3.05) is 0 Å². The van der Waals surface area contributed by atoms with E-state index in [1.54, 1.807) is 12.3 Å². The molecule has 0 aliphatic rings. The van der Waals surface area contributed by atoms with E-state index < -0.39 is 0 Å². The van der Waals surface area contributed by atoms with Crippen LogP contribution < -0.4 is 0 Å². The minimum Gasteiger partial charge on any atom is -0.210 e. The molecule has 0 fully saturated rings. The maximum atomic E-state index is 3.90. The van der Waals surface area contributed by atoms with Crippen LogP contribution in [0.1, 0.15) is 13.8 Å². The average molecular weight is 208 g/mol. The molecular weight excluding hydrogens is 192 g/mol. The molecule has 3 heteroatoms. The second-order valence-electron chi connectivity index (χ2n) is 2.88. The molecule has 14 heavy (non-hydrogen) atoms. The summed E-state index contributed by atoms with van der Waals surface area (Å²) in [7, 11) is 0. The van der Waals surface area contributed by atoms with Crippen LogP contribution in [0.3, 0.4) is 0 Å². The van der Waals surface area contributed by atoms with Crippen molar-refractivity contribution in [3.63, 3.8) is 0 Å². The Morgan fingerprint density at radius 1 is 1.43 bits per heavy atom. The van der Waals surface area contributed by atoms with E-state index in [-0.39, 0.29) is 0 Å². The van der Waals surface area contributed by atoms with Crippen molar-refractivity contribution in [3.05, 3.63) is 36.5 Å². The Bertz CT molecular complexity index is 262. The second-order valence-corrected chi connectivity index (χ2v) is 3.51. The van der Waals surface area contributed by atoms with E-state index in [0.717, 1.165) is 12.1 Å². The normalized spacial score (nSPS) is 12.9. The smallest absolute Gasteiger partial charge is 0.114 e. The van der Waals surface area contributed by atoms with Crippen molar-refractivity contribution >= 4 is 25.1 Å². The molecule has 0 aliphatic heterocycles. The van der Waals surface area contributed by atoms with E-state index in [0.29, 0.717) is 5.92 Å². The van der Waals surface area contributed by atoms with Gasteiger partial charge >= 0.3 is 0 Å². The first kappa shape index (κ1) is 12.9. The molecule has 0 aromatic heterocycles. The SMILES string of the molecule is C=C/C=C(\C=C/C=NSN=C)C(C)C. The van der Waals surface area contributed by atoms with Gasteiger partial charge in [0, 0.05) is 12.9 Å². The highest BCUT2D eigenvalue weighted by Crippen LogP contribution is 2.10. The van der Waals surface area contributed by atoms with Crippen molar-refractivity contribution < 1.29 is 0 Å². The third-order valence-electron chi connectivity index (χ3n) is 1.52. The van der Waals surface area contributed by atoms with E-state index in [1.807, 2.05) is 18.2 Å². The van der Waals surface area contributed by atoms with Gasteiger partial charge in [-0.1, -0.05) is 38.7 Å². The lowest BCUT2D eigenvalue weighted by atomic mass is 10.0. The molecule has 0 amide bonds. The quantitative estimate of drug-likeness (QED) is 0.371. The Morgan fingerprint density at radius 2 is 2.14 bits per heavy atom. The van der Waals surface area contributed by atoms with Gasteiger partial charge in [-0.25, -0.2) is 8.80 Å². The maximum Gasteiger partial charge on any atom is 0.114 e. The number of hydrogen-bond donors (Lipinski definition) is 0. The maximum absolute atomic E-state index is 3.90. The first-order valence-corrected chi connectivity index (χ1v) is 5.10. The third-order valence-corrected chi connectivity index (χ3v) is 1.85. The van der Waals surface area contributed by atoms with E-state index >= 15 is 0 Å². The molecule has 0 radical (unpaired) electrons. The Morgan fingerprint density at radius 3 is 2.64 bits per heavy atom. The monoisotopic (exact) mass is 208 g/mol. The van der Waals surface area contributed by atoms with Crippen LogP contribution in [-0.4, -0.2) is 12.9 Å². The first-order valence-electron chi connectivity index (χ1n) is 4.37. The zero-order valence-corrected chi connectivity index (χ0v) is 9.50. The molecule has 0 N–H and O–H groups in total. The van der Waals surface area contributed by atoms with Gasteiger partial charge in [-0.05, 0) is 17.6 Å². The number of hydrogen-bond acceptors (Lipinski definition) is 3. The molecule has 0 aliphatic carbocycles. The second kappa shape index (κ2) is 8.51. The van der Waals surface area contributed by atoms with Crippen LogP contribution in [0.15, 0.2) is 45.3 Å².